The summed E-state index contributed by atoms with van der Waals surface area (Å²) in [4.78, 5) is 0.420. The van der Waals surface area contributed by atoms with E-state index in [9.17, 15) is 0 Å². The third-order valence-electron chi connectivity index (χ3n) is 0.564. The Balaban J connectivity index is 3.50. The lowest BCUT2D eigenvalue weighted by Gasteiger charge is -1.77. The summed E-state index contributed by atoms with van der Waals surface area (Å²) >= 11 is 4.57. The summed E-state index contributed by atoms with van der Waals surface area (Å²) in [6.07, 6.45) is 7.27. The molecule has 0 aliphatic carbocycles. The molecule has 8 heavy (non-hydrogen) atoms. The van der Waals surface area contributed by atoms with E-state index in [-0.39, 0.29) is 0 Å². The Labute approximate surface area is 54.9 Å². The predicted octanol–water partition coefficient (Wildman–Crippen LogP) is 1.40. The van der Waals surface area contributed by atoms with Crippen molar-refractivity contribution >= 4 is 17.2 Å². The Morgan fingerprint density at radius 3 is 2.50 bits per heavy atom. The Kier molecular flexibility index (Phi) is 4.17. The molecule has 0 aromatic heterocycles. The fourth-order valence-electron chi connectivity index (χ4n) is 0.262. The average molecular weight is 127 g/mol. The highest BCUT2D eigenvalue weighted by atomic mass is 32.1. The minimum Gasteiger partial charge on any atom is -0.390 e. The fraction of sp³-hybridized carbons (Fsp3) is 0.167. The minimum atomic E-state index is 0.420. The van der Waals surface area contributed by atoms with Gasteiger partial charge in [0.1, 0.15) is 0 Å². The number of nitrogens with two attached hydrogens (primary N) is 1. The molecular formula is C6H9NS. The summed E-state index contributed by atoms with van der Waals surface area (Å²) in [7, 11) is 0. The van der Waals surface area contributed by atoms with E-state index in [1.807, 2.05) is 25.2 Å². The van der Waals surface area contributed by atoms with Crippen molar-refractivity contribution < 1.29 is 0 Å². The Bertz CT molecular complexity index is 124. The molecule has 0 aliphatic heterocycles. The van der Waals surface area contributed by atoms with Gasteiger partial charge in [-0.15, -0.1) is 0 Å². The number of rotatable bonds is 2. The highest BCUT2D eigenvalue weighted by Crippen LogP contribution is 1.75. The molecule has 0 atom stereocenters. The molecule has 0 spiro atoms. The summed E-state index contributed by atoms with van der Waals surface area (Å²) in [5.74, 6) is 0. The fourth-order valence-corrected chi connectivity index (χ4v) is 0.340. The molecule has 0 saturated carbocycles. The molecule has 0 aromatic carbocycles. The van der Waals surface area contributed by atoms with Crippen LogP contribution in [0.2, 0.25) is 0 Å². The van der Waals surface area contributed by atoms with Gasteiger partial charge in [-0.05, 0) is 13.0 Å². The van der Waals surface area contributed by atoms with Crippen molar-refractivity contribution in [1.82, 2.24) is 0 Å². The van der Waals surface area contributed by atoms with Gasteiger partial charge in [-0.2, -0.15) is 0 Å². The second-order valence-corrected chi connectivity index (χ2v) is 1.76. The van der Waals surface area contributed by atoms with Crippen LogP contribution in [0.4, 0.5) is 0 Å². The van der Waals surface area contributed by atoms with Gasteiger partial charge in [0.05, 0.1) is 4.99 Å². The molecule has 0 aromatic rings. The van der Waals surface area contributed by atoms with Crippen molar-refractivity contribution in [3.05, 3.63) is 24.3 Å². The van der Waals surface area contributed by atoms with E-state index in [0.29, 0.717) is 4.99 Å². The normalized spacial score (nSPS) is 11.1. The number of allylic oxidation sites excluding steroid dienone is 3. The molecule has 0 saturated heterocycles. The zero-order valence-electron chi connectivity index (χ0n) is 4.79. The molecule has 2 N–H and O–H groups in total. The molecule has 0 rings (SSSR count). The van der Waals surface area contributed by atoms with Crippen molar-refractivity contribution in [2.75, 3.05) is 0 Å². The topological polar surface area (TPSA) is 26.0 Å². The van der Waals surface area contributed by atoms with E-state index in [1.54, 1.807) is 6.08 Å². The van der Waals surface area contributed by atoms with Crippen LogP contribution in [0.25, 0.3) is 0 Å². The molecule has 2 heteroatoms. The second kappa shape index (κ2) is 4.53. The van der Waals surface area contributed by atoms with Crippen LogP contribution in [-0.2, 0) is 0 Å². The lowest BCUT2D eigenvalue weighted by Crippen LogP contribution is -2.01. The quantitative estimate of drug-likeness (QED) is 0.345. The lowest BCUT2D eigenvalue weighted by molar-refractivity contribution is 1.73. The predicted molar refractivity (Wildman–Crippen MR) is 40.7 cm³/mol. The van der Waals surface area contributed by atoms with Gasteiger partial charge in [-0.25, -0.2) is 0 Å². The number of thiocarbonyl (C=S) groups is 1. The highest BCUT2D eigenvalue weighted by Gasteiger charge is 1.69. The number of hydrogen-bond acceptors (Lipinski definition) is 1. The van der Waals surface area contributed by atoms with Crippen LogP contribution in [0, 0.1) is 0 Å². The van der Waals surface area contributed by atoms with Crippen LogP contribution in [0.15, 0.2) is 24.3 Å². The van der Waals surface area contributed by atoms with Crippen LogP contribution in [0.3, 0.4) is 0 Å². The van der Waals surface area contributed by atoms with Crippen molar-refractivity contribution in [3.8, 4) is 0 Å². The molecule has 0 fully saturated rings. The van der Waals surface area contributed by atoms with E-state index in [4.69, 9.17) is 5.73 Å². The molecule has 1 nitrogen and oxygen atoms in total. The maximum absolute atomic E-state index is 5.14. The molecule has 0 unspecified atom stereocenters. The van der Waals surface area contributed by atoms with Gasteiger partial charge in [-0.3, -0.25) is 0 Å². The first-order chi connectivity index (χ1) is 3.77. The molecular weight excluding hydrogens is 118 g/mol. The van der Waals surface area contributed by atoms with E-state index < -0.39 is 0 Å². The molecule has 0 bridgehead atoms. The zero-order chi connectivity index (χ0) is 6.41. The summed E-state index contributed by atoms with van der Waals surface area (Å²) in [5.41, 5.74) is 5.14. The largest absolute Gasteiger partial charge is 0.390 e. The lowest BCUT2D eigenvalue weighted by atomic mass is 10.4. The van der Waals surface area contributed by atoms with Crippen LogP contribution >= 0.6 is 12.2 Å². The standard InChI is InChI=1S/C6H9NS/c1-2-3-4-5-6(7)8/h2-5H,1H3,(H2,7,8)/b3-2+,5-4+. The van der Waals surface area contributed by atoms with Crippen LogP contribution in [0.1, 0.15) is 6.92 Å². The van der Waals surface area contributed by atoms with Gasteiger partial charge in [0.25, 0.3) is 0 Å². The van der Waals surface area contributed by atoms with Gasteiger partial charge in [0.2, 0.25) is 0 Å². The molecule has 0 radical (unpaired) electrons. The summed E-state index contributed by atoms with van der Waals surface area (Å²) in [6, 6.07) is 0. The van der Waals surface area contributed by atoms with Gasteiger partial charge in [0.15, 0.2) is 0 Å². The number of hydrogen-bond donors (Lipinski definition) is 1. The molecule has 0 heterocycles. The van der Waals surface area contributed by atoms with Gasteiger partial charge in [-0.1, -0.05) is 30.4 Å². The first kappa shape index (κ1) is 7.37. The summed E-state index contributed by atoms with van der Waals surface area (Å²) in [5, 5.41) is 0. The van der Waals surface area contributed by atoms with E-state index in [2.05, 4.69) is 12.2 Å². The summed E-state index contributed by atoms with van der Waals surface area (Å²) in [6.45, 7) is 1.93. The van der Waals surface area contributed by atoms with Crippen LogP contribution in [0.5, 0.6) is 0 Å². The Morgan fingerprint density at radius 1 is 1.50 bits per heavy atom. The van der Waals surface area contributed by atoms with Gasteiger partial charge < -0.3 is 5.73 Å². The monoisotopic (exact) mass is 127 g/mol. The SMILES string of the molecule is C/C=C/C=C/C(N)=S. The molecule has 0 aliphatic rings. The smallest absolute Gasteiger partial charge is 0.0961 e. The van der Waals surface area contributed by atoms with Crippen molar-refractivity contribution in [2.24, 2.45) is 5.73 Å². The van der Waals surface area contributed by atoms with Crippen molar-refractivity contribution in [2.45, 2.75) is 6.92 Å². The summed E-state index contributed by atoms with van der Waals surface area (Å²) < 4.78 is 0. The first-order valence-corrected chi connectivity index (χ1v) is 2.77. The van der Waals surface area contributed by atoms with Gasteiger partial charge >= 0.3 is 0 Å². The van der Waals surface area contributed by atoms with E-state index in [0.717, 1.165) is 0 Å². The Morgan fingerprint density at radius 2 is 2.12 bits per heavy atom. The maximum atomic E-state index is 5.14. The zero-order valence-corrected chi connectivity index (χ0v) is 5.61. The van der Waals surface area contributed by atoms with Crippen LogP contribution in [-0.4, -0.2) is 4.99 Å². The van der Waals surface area contributed by atoms with Crippen molar-refractivity contribution in [3.63, 3.8) is 0 Å². The molecule has 44 valence electrons. The third kappa shape index (κ3) is 5.37. The molecule has 0 amide bonds. The van der Waals surface area contributed by atoms with Crippen LogP contribution < -0.4 is 5.73 Å². The van der Waals surface area contributed by atoms with E-state index in [1.165, 1.54) is 0 Å². The second-order valence-electron chi connectivity index (χ2n) is 1.29. The highest BCUT2D eigenvalue weighted by molar-refractivity contribution is 7.80. The minimum absolute atomic E-state index is 0.420. The van der Waals surface area contributed by atoms with Crippen molar-refractivity contribution in [1.29, 1.82) is 0 Å². The van der Waals surface area contributed by atoms with Gasteiger partial charge in [0, 0.05) is 0 Å². The Hall–Kier alpha value is -0.630. The first-order valence-electron chi connectivity index (χ1n) is 2.36. The third-order valence-corrected chi connectivity index (χ3v) is 0.700. The van der Waals surface area contributed by atoms with E-state index >= 15 is 0 Å². The maximum Gasteiger partial charge on any atom is 0.0961 e. The average Bonchev–Trinajstić information content (AvgIpc) is 1.66.